The number of methoxy groups -OCH3 is 1. The maximum atomic E-state index is 14.1. The molecule has 4 rings (SSSR count). The van der Waals surface area contributed by atoms with Crippen LogP contribution in [0, 0.1) is 5.82 Å². The second-order valence-corrected chi connectivity index (χ2v) is 9.89. The highest BCUT2D eigenvalue weighted by molar-refractivity contribution is 9.10. The summed E-state index contributed by atoms with van der Waals surface area (Å²) in [6.07, 6.45) is 1.74. The minimum atomic E-state index is -0.450. The van der Waals surface area contributed by atoms with Gasteiger partial charge in [-0.05, 0) is 60.2 Å². The monoisotopic (exact) mass is 563 g/mol. The molecule has 0 saturated carbocycles. The van der Waals surface area contributed by atoms with Crippen LogP contribution in [0.15, 0.2) is 70.0 Å². The Balaban J connectivity index is 1.59. The van der Waals surface area contributed by atoms with Gasteiger partial charge in [0.2, 0.25) is 0 Å². The van der Waals surface area contributed by atoms with Crippen LogP contribution in [-0.2, 0) is 11.4 Å². The normalized spacial score (nSPS) is 14.8. The number of hydrogen-bond acceptors (Lipinski definition) is 5. The number of thioether (sulfide) groups is 1. The summed E-state index contributed by atoms with van der Waals surface area (Å²) in [7, 11) is 1.52. The number of hydrogen-bond donors (Lipinski definition) is 0. The van der Waals surface area contributed by atoms with E-state index >= 15 is 0 Å². The van der Waals surface area contributed by atoms with E-state index in [9.17, 15) is 9.18 Å². The number of amides is 1. The minimum absolute atomic E-state index is 0.0724. The quantitative estimate of drug-likeness (QED) is 0.233. The van der Waals surface area contributed by atoms with E-state index in [1.54, 1.807) is 30.3 Å². The van der Waals surface area contributed by atoms with Gasteiger partial charge in [0, 0.05) is 10.0 Å². The second-order valence-electron chi connectivity index (χ2n) is 6.89. The summed E-state index contributed by atoms with van der Waals surface area (Å²) < 4.78 is 26.6. The van der Waals surface area contributed by atoms with Crippen LogP contribution in [-0.4, -0.2) is 17.3 Å². The van der Waals surface area contributed by atoms with Crippen molar-refractivity contribution in [3.8, 4) is 11.5 Å². The van der Waals surface area contributed by atoms with Crippen molar-refractivity contribution in [3.63, 3.8) is 0 Å². The standard InChI is InChI=1S/C24H16BrClFNO3S2/c1-30-20-10-5-14(11-21(20)31-13-17-18(26)3-2-4-19(17)27)12-22-23(29)28(24(32)33-22)16-8-6-15(25)7-9-16/h2-12H,13H2,1H3/b22-12+. The van der Waals surface area contributed by atoms with E-state index < -0.39 is 5.82 Å². The Labute approximate surface area is 213 Å². The van der Waals surface area contributed by atoms with Crippen molar-refractivity contribution in [1.82, 2.24) is 0 Å². The van der Waals surface area contributed by atoms with Crippen molar-refractivity contribution in [1.29, 1.82) is 0 Å². The van der Waals surface area contributed by atoms with Crippen molar-refractivity contribution in [2.75, 3.05) is 12.0 Å². The van der Waals surface area contributed by atoms with E-state index in [2.05, 4.69) is 15.9 Å². The van der Waals surface area contributed by atoms with Crippen LogP contribution < -0.4 is 14.4 Å². The summed E-state index contributed by atoms with van der Waals surface area (Å²) in [5.41, 5.74) is 1.66. The summed E-state index contributed by atoms with van der Waals surface area (Å²) in [5.74, 6) is 0.217. The Morgan fingerprint density at radius 2 is 1.91 bits per heavy atom. The zero-order valence-corrected chi connectivity index (χ0v) is 21.2. The van der Waals surface area contributed by atoms with Gasteiger partial charge in [0.15, 0.2) is 15.8 Å². The molecule has 0 atom stereocenters. The van der Waals surface area contributed by atoms with E-state index in [1.807, 2.05) is 24.3 Å². The van der Waals surface area contributed by atoms with Gasteiger partial charge in [-0.1, -0.05) is 63.6 Å². The number of nitrogens with zero attached hydrogens (tertiary/aromatic N) is 1. The van der Waals surface area contributed by atoms with E-state index in [0.717, 1.165) is 4.47 Å². The number of rotatable bonds is 6. The highest BCUT2D eigenvalue weighted by Crippen LogP contribution is 2.37. The summed E-state index contributed by atoms with van der Waals surface area (Å²) in [4.78, 5) is 15.0. The van der Waals surface area contributed by atoms with Gasteiger partial charge in [0.1, 0.15) is 12.4 Å². The number of halogens is 3. The van der Waals surface area contributed by atoms with E-state index in [1.165, 1.54) is 35.9 Å². The molecule has 4 nitrogen and oxygen atoms in total. The molecule has 1 saturated heterocycles. The van der Waals surface area contributed by atoms with Crippen LogP contribution in [0.5, 0.6) is 11.5 Å². The first kappa shape index (κ1) is 23.8. The molecule has 1 amide bonds. The predicted molar refractivity (Wildman–Crippen MR) is 139 cm³/mol. The Bertz CT molecular complexity index is 1250. The molecule has 0 radical (unpaired) electrons. The maximum absolute atomic E-state index is 14.1. The van der Waals surface area contributed by atoms with Gasteiger partial charge in [-0.3, -0.25) is 9.69 Å². The molecular weight excluding hydrogens is 549 g/mol. The van der Waals surface area contributed by atoms with Crippen molar-refractivity contribution >= 4 is 73.5 Å². The maximum Gasteiger partial charge on any atom is 0.270 e. The average Bonchev–Trinajstić information content (AvgIpc) is 3.07. The third kappa shape index (κ3) is 5.24. The molecule has 3 aromatic carbocycles. The fourth-order valence-corrected chi connectivity index (χ4v) is 4.93. The average molecular weight is 565 g/mol. The van der Waals surface area contributed by atoms with E-state index in [4.69, 9.17) is 33.3 Å². The number of benzene rings is 3. The molecule has 9 heteroatoms. The van der Waals surface area contributed by atoms with Gasteiger partial charge in [0.25, 0.3) is 5.91 Å². The Morgan fingerprint density at radius 3 is 2.61 bits per heavy atom. The smallest absolute Gasteiger partial charge is 0.270 e. The first-order chi connectivity index (χ1) is 15.9. The number of ether oxygens (including phenoxy) is 2. The second kappa shape index (κ2) is 10.3. The topological polar surface area (TPSA) is 38.8 Å². The molecule has 0 unspecified atom stereocenters. The van der Waals surface area contributed by atoms with Crippen molar-refractivity contribution in [2.24, 2.45) is 0 Å². The van der Waals surface area contributed by atoms with Crippen LogP contribution in [0.3, 0.4) is 0 Å². The molecule has 0 N–H and O–H groups in total. The molecular formula is C24H16BrClFNO3S2. The zero-order chi connectivity index (χ0) is 23.5. The Morgan fingerprint density at radius 1 is 1.15 bits per heavy atom. The summed E-state index contributed by atoms with van der Waals surface area (Å²) >= 11 is 16.1. The lowest BCUT2D eigenvalue weighted by Crippen LogP contribution is -2.27. The van der Waals surface area contributed by atoms with Crippen molar-refractivity contribution in [3.05, 3.63) is 92.0 Å². The van der Waals surface area contributed by atoms with Gasteiger partial charge in [-0.15, -0.1) is 0 Å². The molecule has 1 aliphatic heterocycles. The molecule has 0 spiro atoms. The number of thiocarbonyl (C=S) groups is 1. The van der Waals surface area contributed by atoms with Gasteiger partial charge in [-0.2, -0.15) is 0 Å². The first-order valence-corrected chi connectivity index (χ1v) is 12.0. The van der Waals surface area contributed by atoms with Gasteiger partial charge < -0.3 is 9.47 Å². The lowest BCUT2D eigenvalue weighted by atomic mass is 10.1. The molecule has 33 heavy (non-hydrogen) atoms. The van der Waals surface area contributed by atoms with Crippen molar-refractivity contribution < 1.29 is 18.7 Å². The lowest BCUT2D eigenvalue weighted by Gasteiger charge is -2.14. The van der Waals surface area contributed by atoms with Gasteiger partial charge in [-0.25, -0.2) is 4.39 Å². The molecule has 3 aromatic rings. The molecule has 1 aliphatic rings. The summed E-state index contributed by atoms with van der Waals surface area (Å²) in [6, 6.07) is 17.1. The molecule has 1 heterocycles. The molecule has 1 fully saturated rings. The highest BCUT2D eigenvalue weighted by atomic mass is 79.9. The number of carbonyl (C=O) groups excluding carboxylic acids is 1. The van der Waals surface area contributed by atoms with E-state index in [0.29, 0.717) is 32.0 Å². The van der Waals surface area contributed by atoms with Crippen LogP contribution >= 0.6 is 51.5 Å². The third-order valence-corrected chi connectivity index (χ3v) is 6.98. The zero-order valence-electron chi connectivity index (χ0n) is 17.2. The van der Waals surface area contributed by atoms with Crippen LogP contribution in [0.1, 0.15) is 11.1 Å². The number of anilines is 1. The minimum Gasteiger partial charge on any atom is -0.493 e. The Hall–Kier alpha value is -2.39. The lowest BCUT2D eigenvalue weighted by molar-refractivity contribution is -0.113. The largest absolute Gasteiger partial charge is 0.493 e. The molecule has 0 aromatic heterocycles. The van der Waals surface area contributed by atoms with Crippen LogP contribution in [0.4, 0.5) is 10.1 Å². The predicted octanol–water partition coefficient (Wildman–Crippen LogP) is 7.24. The third-order valence-electron chi connectivity index (χ3n) is 4.80. The molecule has 0 aliphatic carbocycles. The van der Waals surface area contributed by atoms with Gasteiger partial charge >= 0.3 is 0 Å². The van der Waals surface area contributed by atoms with Crippen LogP contribution in [0.2, 0.25) is 5.02 Å². The van der Waals surface area contributed by atoms with Gasteiger partial charge in [0.05, 0.1) is 22.7 Å². The molecule has 168 valence electrons. The highest BCUT2D eigenvalue weighted by Gasteiger charge is 2.33. The first-order valence-electron chi connectivity index (χ1n) is 9.64. The summed E-state index contributed by atoms with van der Waals surface area (Å²) in [5, 5.41) is 0.279. The van der Waals surface area contributed by atoms with Crippen molar-refractivity contribution in [2.45, 2.75) is 6.61 Å². The van der Waals surface area contributed by atoms with E-state index in [-0.39, 0.29) is 23.1 Å². The molecule has 0 bridgehead atoms. The fourth-order valence-electron chi connectivity index (χ4n) is 3.15. The number of carbonyl (C=O) groups is 1. The SMILES string of the molecule is COc1ccc(/C=C2/SC(=S)N(c3ccc(Br)cc3)C2=O)cc1OCc1c(F)cccc1Cl. The summed E-state index contributed by atoms with van der Waals surface area (Å²) in [6.45, 7) is -0.0724. The Kier molecular flexibility index (Phi) is 7.38. The van der Waals surface area contributed by atoms with Crippen LogP contribution in [0.25, 0.3) is 6.08 Å². The fraction of sp³-hybridized carbons (Fsp3) is 0.0833.